The Hall–Kier alpha value is -3.96. The van der Waals surface area contributed by atoms with Gasteiger partial charge in [-0.15, -0.1) is 0 Å². The van der Waals surface area contributed by atoms with E-state index in [1.165, 1.54) is 13.2 Å². The number of nitrogen functional groups attached to an aromatic ring is 1. The minimum absolute atomic E-state index is 0.00878. The van der Waals surface area contributed by atoms with Gasteiger partial charge in [0, 0.05) is 43.1 Å². The summed E-state index contributed by atoms with van der Waals surface area (Å²) in [6.45, 7) is 1.64. The summed E-state index contributed by atoms with van der Waals surface area (Å²) in [5, 5.41) is 9.15. The van der Waals surface area contributed by atoms with Crippen LogP contribution in [0.15, 0.2) is 65.6 Å². The average molecular weight is 592 g/mol. The normalized spacial score (nSPS) is 18.6. The van der Waals surface area contributed by atoms with Crippen LogP contribution in [0.25, 0.3) is 10.8 Å². The van der Waals surface area contributed by atoms with E-state index in [1.807, 2.05) is 41.3 Å². The first-order valence-corrected chi connectivity index (χ1v) is 15.8. The molecule has 3 aromatic rings. The molecule has 5 rings (SSSR count). The molecule has 0 saturated carbocycles. The Morgan fingerprint density at radius 3 is 2.45 bits per heavy atom. The van der Waals surface area contributed by atoms with Gasteiger partial charge in [-0.05, 0) is 49.1 Å². The van der Waals surface area contributed by atoms with Crippen molar-refractivity contribution in [1.29, 1.82) is 5.41 Å². The predicted molar refractivity (Wildman–Crippen MR) is 161 cm³/mol. The number of hydrogen-bond acceptors (Lipinski definition) is 6. The van der Waals surface area contributed by atoms with Crippen LogP contribution in [0, 0.1) is 5.41 Å². The lowest BCUT2D eigenvalue weighted by Gasteiger charge is -2.40. The quantitative estimate of drug-likeness (QED) is 0.258. The Bertz CT molecular complexity index is 1590. The number of ether oxygens (including phenoxy) is 1. The van der Waals surface area contributed by atoms with Crippen molar-refractivity contribution in [2.45, 2.75) is 55.5 Å². The molecule has 3 aromatic carbocycles. The number of nitrogens with zero attached hydrogens (tertiary/aromatic N) is 2. The third-order valence-corrected chi connectivity index (χ3v) is 9.57. The summed E-state index contributed by atoms with van der Waals surface area (Å²) in [5.74, 6) is -0.157. The van der Waals surface area contributed by atoms with Gasteiger partial charge in [-0.1, -0.05) is 48.5 Å². The van der Waals surface area contributed by atoms with Crippen LogP contribution in [0.3, 0.4) is 0 Å². The lowest BCUT2D eigenvalue weighted by atomic mass is 9.97. The molecule has 2 unspecified atom stereocenters. The third kappa shape index (κ3) is 6.27. The highest BCUT2D eigenvalue weighted by Gasteiger charge is 2.40. The summed E-state index contributed by atoms with van der Waals surface area (Å²) in [7, 11) is -2.60. The van der Waals surface area contributed by atoms with Gasteiger partial charge in [0.15, 0.2) is 0 Å². The van der Waals surface area contributed by atoms with Crippen LogP contribution in [0.1, 0.15) is 43.2 Å². The molecule has 10 nitrogen and oxygen atoms in total. The molecule has 42 heavy (non-hydrogen) atoms. The van der Waals surface area contributed by atoms with Gasteiger partial charge in [-0.3, -0.25) is 15.0 Å². The second kappa shape index (κ2) is 12.5. The van der Waals surface area contributed by atoms with Crippen molar-refractivity contribution in [3.63, 3.8) is 0 Å². The molecule has 11 heteroatoms. The highest BCUT2D eigenvalue weighted by molar-refractivity contribution is 7.89. The number of rotatable bonds is 9. The Kier molecular flexibility index (Phi) is 8.79. The molecule has 0 radical (unpaired) electrons. The largest absolute Gasteiger partial charge is 0.496 e. The molecule has 2 aliphatic heterocycles. The summed E-state index contributed by atoms with van der Waals surface area (Å²) >= 11 is 0. The fourth-order valence-corrected chi connectivity index (χ4v) is 7.12. The van der Waals surface area contributed by atoms with Crippen LogP contribution >= 0.6 is 0 Å². The number of piperidine rings is 2. The average Bonchev–Trinajstić information content (AvgIpc) is 3.00. The minimum atomic E-state index is -4.08. The lowest BCUT2D eigenvalue weighted by molar-refractivity contribution is -0.149. The number of benzene rings is 3. The number of likely N-dealkylation sites (tertiary alicyclic amines) is 2. The summed E-state index contributed by atoms with van der Waals surface area (Å²) in [4.78, 5) is 31.1. The first kappa shape index (κ1) is 29.5. The number of amidine groups is 1. The van der Waals surface area contributed by atoms with E-state index in [-0.39, 0.29) is 23.1 Å². The summed E-state index contributed by atoms with van der Waals surface area (Å²) < 4.78 is 35.2. The Morgan fingerprint density at radius 1 is 1.05 bits per heavy atom. The Balaban J connectivity index is 1.41. The van der Waals surface area contributed by atoms with Crippen LogP contribution < -0.4 is 15.2 Å². The van der Waals surface area contributed by atoms with Gasteiger partial charge in [0.05, 0.1) is 12.0 Å². The second-order valence-electron chi connectivity index (χ2n) is 10.9. The molecule has 2 heterocycles. The van der Waals surface area contributed by atoms with Gasteiger partial charge in [0.25, 0.3) is 0 Å². The van der Waals surface area contributed by atoms with E-state index in [0.29, 0.717) is 49.2 Å². The van der Waals surface area contributed by atoms with E-state index in [9.17, 15) is 18.0 Å². The lowest BCUT2D eigenvalue weighted by Crippen LogP contribution is -2.60. The van der Waals surface area contributed by atoms with Crippen LogP contribution in [0.2, 0.25) is 0 Å². The van der Waals surface area contributed by atoms with E-state index in [2.05, 4.69) is 4.72 Å². The topological polar surface area (TPSA) is 146 Å². The second-order valence-corrected chi connectivity index (χ2v) is 12.6. The zero-order chi connectivity index (χ0) is 29.9. The third-order valence-electron chi connectivity index (χ3n) is 8.12. The molecule has 2 amide bonds. The predicted octanol–water partition coefficient (Wildman–Crippen LogP) is 3.03. The van der Waals surface area contributed by atoms with Crippen molar-refractivity contribution >= 4 is 38.4 Å². The maximum absolute atomic E-state index is 13.9. The first-order chi connectivity index (χ1) is 20.2. The molecule has 4 N–H and O–H groups in total. The van der Waals surface area contributed by atoms with E-state index >= 15 is 0 Å². The molecular formula is C31H37N5O5S. The van der Waals surface area contributed by atoms with E-state index < -0.39 is 28.0 Å². The minimum Gasteiger partial charge on any atom is -0.496 e. The highest BCUT2D eigenvalue weighted by atomic mass is 32.2. The fourth-order valence-electron chi connectivity index (χ4n) is 5.85. The van der Waals surface area contributed by atoms with Crippen molar-refractivity contribution in [2.75, 3.05) is 26.7 Å². The molecule has 0 aromatic heterocycles. The number of nitrogens with two attached hydrogens (primary N) is 1. The highest BCUT2D eigenvalue weighted by Crippen LogP contribution is 2.30. The smallest absolute Gasteiger partial charge is 0.245 e. The summed E-state index contributed by atoms with van der Waals surface area (Å²) in [5.41, 5.74) is 7.01. The van der Waals surface area contributed by atoms with E-state index in [0.717, 1.165) is 30.2 Å². The zero-order valence-corrected chi connectivity index (χ0v) is 24.5. The monoisotopic (exact) mass is 591 g/mol. The summed E-state index contributed by atoms with van der Waals surface area (Å²) in [6, 6.07) is 15.7. The number of sulfonamides is 1. The number of nitrogens with one attached hydrogen (secondary N) is 2. The molecular weight excluding hydrogens is 554 g/mol. The Labute approximate surface area is 246 Å². The number of carbonyl (C=O) groups is 2. The SMILES string of the molecule is COc1cc(S(=O)(=O)NC2CCCN(C(Cc3ccc(C(=N)N)cc3)C(=O)N3CCCCC3)C2=O)cc2ccccc12. The van der Waals surface area contributed by atoms with Gasteiger partial charge in [-0.2, -0.15) is 4.72 Å². The maximum Gasteiger partial charge on any atom is 0.245 e. The molecule has 2 saturated heterocycles. The van der Waals surface area contributed by atoms with Gasteiger partial charge in [-0.25, -0.2) is 8.42 Å². The van der Waals surface area contributed by atoms with Gasteiger partial charge < -0.3 is 20.3 Å². The first-order valence-electron chi connectivity index (χ1n) is 14.3. The van der Waals surface area contributed by atoms with E-state index in [4.69, 9.17) is 15.9 Å². The number of fused-ring (bicyclic) bond motifs is 1. The number of methoxy groups -OCH3 is 1. The standard InChI is InChI=1S/C31H37N5O5S/c1-41-28-20-24(19-23-8-3-4-9-25(23)28)42(39,40)34-26-10-7-17-36(30(26)37)27(31(38)35-15-5-2-6-16-35)18-21-11-13-22(14-12-21)29(32)33/h3-4,8-9,11-14,19-20,26-27,34H,2,5-7,10,15-18H2,1H3,(H3,32,33). The molecule has 2 atom stereocenters. The van der Waals surface area contributed by atoms with Crippen LogP contribution in [0.4, 0.5) is 0 Å². The molecule has 222 valence electrons. The zero-order valence-electron chi connectivity index (χ0n) is 23.7. The van der Waals surface area contributed by atoms with Gasteiger partial charge in [0.2, 0.25) is 21.8 Å². The maximum atomic E-state index is 13.9. The van der Waals surface area contributed by atoms with Crippen molar-refractivity contribution in [1.82, 2.24) is 14.5 Å². The fraction of sp³-hybridized carbons (Fsp3) is 0.387. The van der Waals surface area contributed by atoms with Crippen LogP contribution in [-0.2, 0) is 26.0 Å². The molecule has 0 spiro atoms. The summed E-state index contributed by atoms with van der Waals surface area (Å²) in [6.07, 6.45) is 4.05. The number of hydrogen-bond donors (Lipinski definition) is 3. The van der Waals surface area contributed by atoms with Crippen LogP contribution in [-0.4, -0.2) is 74.7 Å². The number of carbonyl (C=O) groups excluding carboxylic acids is 2. The molecule has 0 aliphatic carbocycles. The Morgan fingerprint density at radius 2 is 1.76 bits per heavy atom. The molecule has 2 aliphatic rings. The van der Waals surface area contributed by atoms with Crippen molar-refractivity contribution in [3.8, 4) is 5.75 Å². The molecule has 0 bridgehead atoms. The van der Waals surface area contributed by atoms with Crippen molar-refractivity contribution in [3.05, 3.63) is 71.8 Å². The number of amides is 2. The molecule has 2 fully saturated rings. The van der Waals surface area contributed by atoms with Crippen molar-refractivity contribution in [2.24, 2.45) is 5.73 Å². The van der Waals surface area contributed by atoms with E-state index in [1.54, 1.807) is 23.1 Å². The van der Waals surface area contributed by atoms with Gasteiger partial charge >= 0.3 is 0 Å². The van der Waals surface area contributed by atoms with Crippen LogP contribution in [0.5, 0.6) is 5.75 Å². The van der Waals surface area contributed by atoms with Gasteiger partial charge in [0.1, 0.15) is 23.7 Å². The van der Waals surface area contributed by atoms with Crippen molar-refractivity contribution < 1.29 is 22.7 Å².